The number of hydrogen-bond acceptors (Lipinski definition) is 2. The molecule has 1 aromatic carbocycles. The van der Waals surface area contributed by atoms with Gasteiger partial charge in [-0.3, -0.25) is 0 Å². The van der Waals surface area contributed by atoms with Crippen LogP contribution in [0.4, 0.5) is 0 Å². The summed E-state index contributed by atoms with van der Waals surface area (Å²) >= 11 is 17.8. The Bertz CT molecular complexity index is 381. The van der Waals surface area contributed by atoms with Crippen molar-refractivity contribution in [3.63, 3.8) is 0 Å². The summed E-state index contributed by atoms with van der Waals surface area (Å²) in [5, 5.41) is 0.773. The van der Waals surface area contributed by atoms with Crippen LogP contribution < -0.4 is 9.61 Å². The van der Waals surface area contributed by atoms with Crippen LogP contribution in [0.2, 0.25) is 6.55 Å². The molecule has 2 rings (SSSR count). The van der Waals surface area contributed by atoms with Gasteiger partial charge in [-0.15, -0.1) is 33.2 Å². The third-order valence-electron chi connectivity index (χ3n) is 2.15. The summed E-state index contributed by atoms with van der Waals surface area (Å²) in [4.78, 5) is 0. The first-order valence-corrected chi connectivity index (χ1v) is 11.6. The van der Waals surface area contributed by atoms with Crippen molar-refractivity contribution in [3.8, 4) is 5.75 Å². The van der Waals surface area contributed by atoms with Gasteiger partial charge in [-0.2, -0.15) is 0 Å². The third kappa shape index (κ3) is 2.69. The Hall–Kier alpha value is 0.284. The summed E-state index contributed by atoms with van der Waals surface area (Å²) < 4.78 is 11.1. The van der Waals surface area contributed by atoms with E-state index in [2.05, 4.69) is 0 Å². The smallest absolute Gasteiger partial charge is 0.379 e. The van der Waals surface area contributed by atoms with Gasteiger partial charge in [-0.1, -0.05) is 12.1 Å². The van der Waals surface area contributed by atoms with Crippen molar-refractivity contribution in [2.24, 2.45) is 0 Å². The Labute approximate surface area is 105 Å². The largest absolute Gasteiger partial charge is 0.522 e. The lowest BCUT2D eigenvalue weighted by Gasteiger charge is -2.24. The summed E-state index contributed by atoms with van der Waals surface area (Å²) in [5.74, 6) is 0.868. The number of hydrogen-bond donors (Lipinski definition) is 0. The maximum atomic E-state index is 5.93. The van der Waals surface area contributed by atoms with E-state index in [0.717, 1.165) is 16.5 Å². The molecule has 0 N–H and O–H groups in total. The van der Waals surface area contributed by atoms with Crippen LogP contribution in [-0.2, 0) is 11.0 Å². The minimum Gasteiger partial charge on any atom is -0.522 e. The van der Waals surface area contributed by atoms with Crippen molar-refractivity contribution in [1.29, 1.82) is 0 Å². The molecule has 0 aliphatic carbocycles. The fourth-order valence-electron chi connectivity index (χ4n) is 1.40. The van der Waals surface area contributed by atoms with Crippen LogP contribution in [0, 0.1) is 0 Å². The quantitative estimate of drug-likeness (QED) is 0.585. The van der Waals surface area contributed by atoms with Gasteiger partial charge in [-0.25, -0.2) is 0 Å². The molecule has 0 saturated carbocycles. The second kappa shape index (κ2) is 4.27. The highest BCUT2D eigenvalue weighted by Crippen LogP contribution is 2.27. The Morgan fingerprint density at radius 2 is 2.07 bits per heavy atom. The van der Waals surface area contributed by atoms with E-state index in [1.165, 1.54) is 0 Å². The molecule has 1 atom stereocenters. The maximum absolute atomic E-state index is 5.93. The fraction of sp³-hybridized carbons (Fsp3) is 0.250. The van der Waals surface area contributed by atoms with Crippen LogP contribution in [0.25, 0.3) is 0 Å². The highest BCUT2D eigenvalue weighted by atomic mass is 35.8. The standard InChI is InChI=1S/C8H9Cl3O2Si2/c1-14-12-5-6-4-7(15(9,10)11)2-3-8(6)13-14/h2-4,14H,5H2,1H3. The van der Waals surface area contributed by atoms with Crippen LogP contribution in [-0.4, -0.2) is 15.3 Å². The molecule has 0 spiro atoms. The fourth-order valence-corrected chi connectivity index (χ4v) is 4.14. The molecule has 0 fully saturated rings. The average Bonchev–Trinajstić information content (AvgIpc) is 2.15. The van der Waals surface area contributed by atoms with Crippen molar-refractivity contribution in [3.05, 3.63) is 23.8 Å². The zero-order chi connectivity index (χ0) is 11.1. The molecule has 7 heteroatoms. The molecular formula is C8H9Cl3O2Si2. The molecular weight excluding hydrogens is 291 g/mol. The Kier molecular flexibility index (Phi) is 3.35. The molecule has 2 nitrogen and oxygen atoms in total. The number of halogens is 3. The monoisotopic (exact) mass is 298 g/mol. The summed E-state index contributed by atoms with van der Waals surface area (Å²) in [6.07, 6.45) is 0. The van der Waals surface area contributed by atoms with Gasteiger partial charge in [0.05, 0.1) is 6.61 Å². The summed E-state index contributed by atoms with van der Waals surface area (Å²) in [7, 11) is -1.48. The molecule has 0 radical (unpaired) electrons. The number of rotatable bonds is 1. The van der Waals surface area contributed by atoms with E-state index in [9.17, 15) is 0 Å². The minimum atomic E-state index is -2.79. The lowest BCUT2D eigenvalue weighted by molar-refractivity contribution is 0.233. The predicted octanol–water partition coefficient (Wildman–Crippen LogP) is 2.31. The first-order chi connectivity index (χ1) is 6.97. The van der Waals surface area contributed by atoms with Gasteiger partial charge in [0.15, 0.2) is 0 Å². The summed E-state index contributed by atoms with van der Waals surface area (Å²) in [5.41, 5.74) is 0.969. The van der Waals surface area contributed by atoms with Crippen molar-refractivity contribution in [2.75, 3.05) is 0 Å². The molecule has 0 amide bonds. The third-order valence-corrected chi connectivity index (χ3v) is 6.31. The second-order valence-corrected chi connectivity index (χ2v) is 13.4. The molecule has 15 heavy (non-hydrogen) atoms. The van der Waals surface area contributed by atoms with Crippen LogP contribution in [0.3, 0.4) is 0 Å². The van der Waals surface area contributed by atoms with Crippen LogP contribution in [0.15, 0.2) is 18.2 Å². The lowest BCUT2D eigenvalue weighted by Crippen LogP contribution is -2.33. The SMILES string of the molecule is C[SiH]1OCc2cc([Si](Cl)(Cl)Cl)ccc2O1. The number of fused-ring (bicyclic) bond motifs is 1. The van der Waals surface area contributed by atoms with E-state index in [4.69, 9.17) is 42.1 Å². The molecule has 1 unspecified atom stereocenters. The highest BCUT2D eigenvalue weighted by molar-refractivity contribution is 7.69. The normalized spacial score (nSPS) is 20.7. The summed E-state index contributed by atoms with van der Waals surface area (Å²) in [6.45, 7) is 2.55. The van der Waals surface area contributed by atoms with Crippen molar-refractivity contribution in [2.45, 2.75) is 13.2 Å². The van der Waals surface area contributed by atoms with E-state index < -0.39 is 15.3 Å². The van der Waals surface area contributed by atoms with Crippen LogP contribution in [0.5, 0.6) is 5.75 Å². The van der Waals surface area contributed by atoms with Crippen molar-refractivity contribution in [1.82, 2.24) is 0 Å². The van der Waals surface area contributed by atoms with Gasteiger partial charge in [-0.05, 0) is 17.8 Å². The Balaban J connectivity index is 2.35. The predicted molar refractivity (Wildman–Crippen MR) is 67.8 cm³/mol. The maximum Gasteiger partial charge on any atom is 0.379 e. The zero-order valence-electron chi connectivity index (χ0n) is 7.97. The average molecular weight is 300 g/mol. The molecule has 1 aromatic rings. The van der Waals surface area contributed by atoms with Gasteiger partial charge in [0.2, 0.25) is 0 Å². The first-order valence-electron chi connectivity index (χ1n) is 4.45. The van der Waals surface area contributed by atoms with E-state index in [1.54, 1.807) is 0 Å². The molecule has 82 valence electrons. The van der Waals surface area contributed by atoms with Gasteiger partial charge in [0, 0.05) is 5.56 Å². The van der Waals surface area contributed by atoms with Crippen molar-refractivity contribution < 1.29 is 8.85 Å². The first kappa shape index (κ1) is 11.8. The van der Waals surface area contributed by atoms with Crippen molar-refractivity contribution >= 4 is 53.7 Å². The van der Waals surface area contributed by atoms with Crippen LogP contribution in [0.1, 0.15) is 5.56 Å². The molecule has 1 heterocycles. The van der Waals surface area contributed by atoms with Gasteiger partial charge < -0.3 is 8.85 Å². The van der Waals surface area contributed by atoms with E-state index in [0.29, 0.717) is 6.61 Å². The Morgan fingerprint density at radius 3 is 2.73 bits per heavy atom. The molecule has 0 bridgehead atoms. The van der Waals surface area contributed by atoms with E-state index in [1.807, 2.05) is 24.7 Å². The van der Waals surface area contributed by atoms with Gasteiger partial charge in [0.1, 0.15) is 5.75 Å². The van der Waals surface area contributed by atoms with E-state index in [-0.39, 0.29) is 0 Å². The van der Waals surface area contributed by atoms with Gasteiger partial charge in [0.25, 0.3) is 0 Å². The van der Waals surface area contributed by atoms with Crippen LogP contribution >= 0.6 is 33.2 Å². The second-order valence-electron chi connectivity index (χ2n) is 3.32. The van der Waals surface area contributed by atoms with E-state index >= 15 is 0 Å². The molecule has 1 aliphatic heterocycles. The van der Waals surface area contributed by atoms with Gasteiger partial charge >= 0.3 is 15.3 Å². The minimum absolute atomic E-state index is 0.561. The molecule has 0 saturated heterocycles. The number of benzene rings is 1. The zero-order valence-corrected chi connectivity index (χ0v) is 12.4. The highest BCUT2D eigenvalue weighted by Gasteiger charge is 2.29. The molecule has 0 aromatic heterocycles. The Morgan fingerprint density at radius 1 is 1.33 bits per heavy atom. The topological polar surface area (TPSA) is 18.5 Å². The summed E-state index contributed by atoms with van der Waals surface area (Å²) in [6, 6.07) is 2.77. The lowest BCUT2D eigenvalue weighted by atomic mass is 10.2. The molecule has 1 aliphatic rings.